The van der Waals surface area contributed by atoms with Crippen molar-refractivity contribution in [2.24, 2.45) is 5.92 Å². The molecule has 0 aromatic heterocycles. The number of carbonyl (C=O) groups is 1. The van der Waals surface area contributed by atoms with Crippen LogP contribution in [0.15, 0.2) is 12.1 Å². The maximum atomic E-state index is 14.1. The molecule has 5 nitrogen and oxygen atoms in total. The molecule has 0 unspecified atom stereocenters. The molecule has 2 aliphatic heterocycles. The molecule has 1 aromatic carbocycles. The zero-order chi connectivity index (χ0) is 17.4. The fourth-order valence-electron chi connectivity index (χ4n) is 4.72. The lowest BCUT2D eigenvalue weighted by Gasteiger charge is -2.34. The number of benzene rings is 1. The summed E-state index contributed by atoms with van der Waals surface area (Å²) in [5.74, 6) is 0.739. The van der Waals surface area contributed by atoms with Crippen molar-refractivity contribution in [3.8, 4) is 5.75 Å². The molecule has 2 heterocycles. The minimum Gasteiger partial charge on any atom is -0.468 e. The molecule has 1 aromatic rings. The van der Waals surface area contributed by atoms with Gasteiger partial charge in [-0.05, 0) is 37.3 Å². The molecule has 3 aliphatic rings. The van der Waals surface area contributed by atoms with Gasteiger partial charge in [0.25, 0.3) is 0 Å². The molecule has 0 spiro atoms. The third-order valence-electron chi connectivity index (χ3n) is 5.80. The fraction of sp³-hybridized carbons (Fsp3) is 0.632. The number of hydrogen-bond donors (Lipinski definition) is 0. The Labute approximate surface area is 147 Å². The topological polar surface area (TPSA) is 48.0 Å². The van der Waals surface area contributed by atoms with Crippen molar-refractivity contribution in [1.82, 2.24) is 4.90 Å². The summed E-state index contributed by atoms with van der Waals surface area (Å²) in [6.07, 6.45) is 5.47. The maximum absolute atomic E-state index is 14.1. The van der Waals surface area contributed by atoms with E-state index in [1.54, 1.807) is 0 Å². The van der Waals surface area contributed by atoms with Gasteiger partial charge in [0.2, 0.25) is 0 Å². The number of carbonyl (C=O) groups excluding carboxylic acids is 1. The highest BCUT2D eigenvalue weighted by molar-refractivity contribution is 5.76. The van der Waals surface area contributed by atoms with Crippen LogP contribution in [0.1, 0.15) is 43.2 Å². The molecule has 3 atom stereocenters. The second-order valence-corrected chi connectivity index (χ2v) is 7.22. The minimum absolute atomic E-state index is 0.179. The number of ether oxygens (including phenoxy) is 3. The van der Waals surface area contributed by atoms with Crippen molar-refractivity contribution in [2.45, 2.75) is 57.3 Å². The monoisotopic (exact) mass is 349 g/mol. The summed E-state index contributed by atoms with van der Waals surface area (Å²) in [5, 5.41) is 0. The van der Waals surface area contributed by atoms with Crippen molar-refractivity contribution in [3.63, 3.8) is 0 Å². The van der Waals surface area contributed by atoms with Gasteiger partial charge in [0.05, 0.1) is 13.7 Å². The second kappa shape index (κ2) is 6.92. The quantitative estimate of drug-likeness (QED) is 0.785. The Balaban J connectivity index is 1.65. The lowest BCUT2D eigenvalue weighted by atomic mass is 9.84. The van der Waals surface area contributed by atoms with E-state index >= 15 is 0 Å². The van der Waals surface area contributed by atoms with Crippen LogP contribution in [0.5, 0.6) is 5.75 Å². The molecule has 1 saturated heterocycles. The zero-order valence-electron chi connectivity index (χ0n) is 14.5. The standard InChI is InChI=1S/C19H24FNO4/c1-23-19(22)17-8-12-4-2-3-5-16(12)21(17)9-13-6-15(20)7-14-10-24-11-25-18(13)14/h6-7,12,16-17H,2-5,8-11H2,1H3/t12-,16+,17+/m1/s1. The van der Waals surface area contributed by atoms with Gasteiger partial charge in [0.1, 0.15) is 17.6 Å². The van der Waals surface area contributed by atoms with E-state index in [-0.39, 0.29) is 24.6 Å². The van der Waals surface area contributed by atoms with Crippen molar-refractivity contribution < 1.29 is 23.4 Å². The van der Waals surface area contributed by atoms with Gasteiger partial charge in [0.15, 0.2) is 6.79 Å². The first-order valence-corrected chi connectivity index (χ1v) is 9.03. The van der Waals surface area contributed by atoms with E-state index in [9.17, 15) is 9.18 Å². The number of hydrogen-bond acceptors (Lipinski definition) is 5. The Hall–Kier alpha value is -1.66. The Morgan fingerprint density at radius 1 is 1.36 bits per heavy atom. The Morgan fingerprint density at radius 2 is 2.20 bits per heavy atom. The number of esters is 1. The van der Waals surface area contributed by atoms with Crippen molar-refractivity contribution in [1.29, 1.82) is 0 Å². The number of fused-ring (bicyclic) bond motifs is 2. The number of nitrogens with zero attached hydrogens (tertiary/aromatic N) is 1. The average Bonchev–Trinajstić information content (AvgIpc) is 2.99. The van der Waals surface area contributed by atoms with Gasteiger partial charge in [-0.2, -0.15) is 0 Å². The average molecular weight is 349 g/mol. The molecule has 6 heteroatoms. The molecule has 1 saturated carbocycles. The normalized spacial score (nSPS) is 28.8. The predicted molar refractivity (Wildman–Crippen MR) is 88.4 cm³/mol. The Kier molecular flexibility index (Phi) is 4.65. The molecule has 0 radical (unpaired) electrons. The highest BCUT2D eigenvalue weighted by Gasteiger charge is 2.45. The minimum atomic E-state index is -0.295. The van der Waals surface area contributed by atoms with Gasteiger partial charge < -0.3 is 14.2 Å². The van der Waals surface area contributed by atoms with Crippen LogP contribution < -0.4 is 4.74 Å². The summed E-state index contributed by atoms with van der Waals surface area (Å²) in [5.41, 5.74) is 1.52. The van der Waals surface area contributed by atoms with E-state index in [2.05, 4.69) is 4.90 Å². The molecule has 25 heavy (non-hydrogen) atoms. The van der Waals surface area contributed by atoms with Crippen LogP contribution in [0.2, 0.25) is 0 Å². The Bertz CT molecular complexity index is 665. The summed E-state index contributed by atoms with van der Waals surface area (Å²) in [4.78, 5) is 14.5. The molecule has 0 N–H and O–H groups in total. The smallest absolute Gasteiger partial charge is 0.323 e. The Morgan fingerprint density at radius 3 is 3.04 bits per heavy atom. The van der Waals surface area contributed by atoms with Gasteiger partial charge in [-0.25, -0.2) is 4.39 Å². The summed E-state index contributed by atoms with van der Waals surface area (Å²) >= 11 is 0. The first kappa shape index (κ1) is 16.8. The van der Waals surface area contributed by atoms with Gasteiger partial charge in [-0.3, -0.25) is 9.69 Å². The number of likely N-dealkylation sites (tertiary alicyclic amines) is 1. The largest absolute Gasteiger partial charge is 0.468 e. The van der Waals surface area contributed by atoms with E-state index in [1.807, 2.05) is 0 Å². The van der Waals surface area contributed by atoms with E-state index in [0.717, 1.165) is 30.4 Å². The van der Waals surface area contributed by atoms with Gasteiger partial charge in [0, 0.05) is 23.7 Å². The van der Waals surface area contributed by atoms with Crippen LogP contribution in [-0.4, -0.2) is 36.9 Å². The van der Waals surface area contributed by atoms with Gasteiger partial charge in [-0.15, -0.1) is 0 Å². The van der Waals surface area contributed by atoms with E-state index in [1.165, 1.54) is 32.1 Å². The van der Waals surface area contributed by atoms with Crippen LogP contribution in [0.4, 0.5) is 4.39 Å². The van der Waals surface area contributed by atoms with Crippen molar-refractivity contribution in [3.05, 3.63) is 29.1 Å². The molecule has 2 fully saturated rings. The summed E-state index contributed by atoms with van der Waals surface area (Å²) in [7, 11) is 1.44. The molecular formula is C19H24FNO4. The predicted octanol–water partition coefficient (Wildman–Crippen LogP) is 3.00. The highest BCUT2D eigenvalue weighted by Crippen LogP contribution is 2.42. The molecular weight excluding hydrogens is 325 g/mol. The van der Waals surface area contributed by atoms with E-state index in [0.29, 0.717) is 30.9 Å². The van der Waals surface area contributed by atoms with Crippen molar-refractivity contribution >= 4 is 5.97 Å². The van der Waals surface area contributed by atoms with Crippen LogP contribution in [0, 0.1) is 11.7 Å². The SMILES string of the molecule is COC(=O)[C@@H]1C[C@H]2CCCC[C@@H]2N1Cc1cc(F)cc2c1OCOC2. The van der Waals surface area contributed by atoms with Gasteiger partial charge >= 0.3 is 5.97 Å². The van der Waals surface area contributed by atoms with Crippen molar-refractivity contribution in [2.75, 3.05) is 13.9 Å². The van der Waals surface area contributed by atoms with E-state index in [4.69, 9.17) is 14.2 Å². The number of rotatable bonds is 3. The summed E-state index contributed by atoms with van der Waals surface area (Å²) in [6.45, 7) is 1.03. The number of methoxy groups -OCH3 is 1. The molecule has 1 aliphatic carbocycles. The lowest BCUT2D eigenvalue weighted by Crippen LogP contribution is -2.42. The third kappa shape index (κ3) is 3.13. The van der Waals surface area contributed by atoms with Gasteiger partial charge in [-0.1, -0.05) is 12.8 Å². The van der Waals surface area contributed by atoms with Crippen LogP contribution in [0.3, 0.4) is 0 Å². The van der Waals surface area contributed by atoms with Crippen LogP contribution in [0.25, 0.3) is 0 Å². The number of halogens is 1. The summed E-state index contributed by atoms with van der Waals surface area (Å²) in [6, 6.07) is 3.09. The molecule has 0 bridgehead atoms. The fourth-order valence-corrected chi connectivity index (χ4v) is 4.72. The van der Waals surface area contributed by atoms with Crippen LogP contribution in [-0.2, 0) is 27.4 Å². The molecule has 0 amide bonds. The van der Waals surface area contributed by atoms with E-state index < -0.39 is 0 Å². The van der Waals surface area contributed by atoms with Crippen LogP contribution >= 0.6 is 0 Å². The third-order valence-corrected chi connectivity index (χ3v) is 5.80. The highest BCUT2D eigenvalue weighted by atomic mass is 19.1. The first-order chi connectivity index (χ1) is 12.2. The molecule has 136 valence electrons. The molecule has 4 rings (SSSR count). The lowest BCUT2D eigenvalue weighted by molar-refractivity contribution is -0.146. The first-order valence-electron chi connectivity index (χ1n) is 9.03. The zero-order valence-corrected chi connectivity index (χ0v) is 14.5. The summed E-state index contributed by atoms with van der Waals surface area (Å²) < 4.78 is 30.0. The maximum Gasteiger partial charge on any atom is 0.323 e. The second-order valence-electron chi connectivity index (χ2n) is 7.22.